The molecule has 5 rings (SSSR count). The Bertz CT molecular complexity index is 1490. The molecule has 0 aliphatic heterocycles. The van der Waals surface area contributed by atoms with Crippen LogP contribution in [0.25, 0.3) is 16.8 Å². The molecule has 0 spiro atoms. The van der Waals surface area contributed by atoms with Crippen molar-refractivity contribution in [3.05, 3.63) is 77.8 Å². The monoisotopic (exact) mass is 518 g/mol. The first kappa shape index (κ1) is 25.3. The Morgan fingerprint density at radius 1 is 1.21 bits per heavy atom. The lowest BCUT2D eigenvalue weighted by atomic mass is 9.77. The molecule has 1 amide bonds. The minimum atomic E-state index is -1.17. The Labute approximate surface area is 218 Å². The number of phenols is 1. The van der Waals surface area contributed by atoms with Crippen molar-refractivity contribution in [3.8, 4) is 16.9 Å². The molecule has 2 aromatic heterocycles. The van der Waals surface area contributed by atoms with Crippen LogP contribution in [0.3, 0.4) is 0 Å². The van der Waals surface area contributed by atoms with Crippen molar-refractivity contribution >= 4 is 23.5 Å². The number of halogens is 2. The second-order valence-corrected chi connectivity index (χ2v) is 10.0. The zero-order chi connectivity index (χ0) is 26.9. The fourth-order valence-electron chi connectivity index (χ4n) is 5.04. The van der Waals surface area contributed by atoms with E-state index in [1.54, 1.807) is 4.52 Å². The Balaban J connectivity index is 1.24. The van der Waals surface area contributed by atoms with Gasteiger partial charge in [0.25, 0.3) is 5.91 Å². The Hall–Kier alpha value is -4.34. The highest BCUT2D eigenvalue weighted by molar-refractivity contribution is 5.94. The first-order valence-electron chi connectivity index (χ1n) is 12.4. The summed E-state index contributed by atoms with van der Waals surface area (Å²) in [5.74, 6) is -3.78. The fourth-order valence-corrected chi connectivity index (χ4v) is 5.04. The number of carbonyl (C=O) groups excluding carboxylic acids is 1. The molecule has 8 nitrogen and oxygen atoms in total. The van der Waals surface area contributed by atoms with E-state index in [0.29, 0.717) is 6.54 Å². The SMILES string of the molecule is CC1(Nc2cc(-c3cccn4ncnc34)ccc2C=N)CCC(CNC(=O)c2cc(F)c(O)c(F)c2)CC1. The Morgan fingerprint density at radius 2 is 1.95 bits per heavy atom. The number of rotatable bonds is 7. The number of anilines is 1. The molecule has 0 unspecified atom stereocenters. The number of fused-ring (bicyclic) bond motifs is 1. The van der Waals surface area contributed by atoms with E-state index >= 15 is 0 Å². The summed E-state index contributed by atoms with van der Waals surface area (Å²) in [5.41, 5.74) is 3.95. The number of hydrogen-bond acceptors (Lipinski definition) is 6. The molecule has 2 aromatic carbocycles. The van der Waals surface area contributed by atoms with Crippen LogP contribution < -0.4 is 10.6 Å². The maximum Gasteiger partial charge on any atom is 0.251 e. The predicted octanol–water partition coefficient (Wildman–Crippen LogP) is 5.17. The summed E-state index contributed by atoms with van der Waals surface area (Å²) in [6, 6.07) is 11.5. The Morgan fingerprint density at radius 3 is 2.66 bits per heavy atom. The highest BCUT2D eigenvalue weighted by Gasteiger charge is 2.32. The smallest absolute Gasteiger partial charge is 0.251 e. The average molecular weight is 519 g/mol. The zero-order valence-corrected chi connectivity index (χ0v) is 20.8. The van der Waals surface area contributed by atoms with E-state index in [-0.39, 0.29) is 17.0 Å². The van der Waals surface area contributed by atoms with E-state index in [4.69, 9.17) is 5.41 Å². The second-order valence-electron chi connectivity index (χ2n) is 10.0. The van der Waals surface area contributed by atoms with Crippen molar-refractivity contribution in [3.63, 3.8) is 0 Å². The Kier molecular flexibility index (Phi) is 6.79. The molecule has 0 bridgehead atoms. The third-order valence-corrected chi connectivity index (χ3v) is 7.30. The van der Waals surface area contributed by atoms with Crippen molar-refractivity contribution in [2.24, 2.45) is 5.92 Å². The average Bonchev–Trinajstić information content (AvgIpc) is 3.40. The van der Waals surface area contributed by atoms with Crippen LogP contribution in [-0.2, 0) is 0 Å². The van der Waals surface area contributed by atoms with Crippen LogP contribution in [0.5, 0.6) is 5.75 Å². The topological polar surface area (TPSA) is 115 Å². The number of aromatic nitrogens is 3. The molecule has 1 fully saturated rings. The molecule has 0 saturated heterocycles. The summed E-state index contributed by atoms with van der Waals surface area (Å²) >= 11 is 0. The molecular formula is C28H28F2N6O2. The molecule has 38 heavy (non-hydrogen) atoms. The molecule has 4 aromatic rings. The van der Waals surface area contributed by atoms with E-state index in [0.717, 1.165) is 65.8 Å². The van der Waals surface area contributed by atoms with Crippen LogP contribution in [0.1, 0.15) is 48.5 Å². The first-order valence-corrected chi connectivity index (χ1v) is 12.4. The largest absolute Gasteiger partial charge is 0.503 e. The predicted molar refractivity (Wildman–Crippen MR) is 141 cm³/mol. The second kappa shape index (κ2) is 10.2. The fraction of sp³-hybridized carbons (Fsp3) is 0.286. The number of hydrogen-bond donors (Lipinski definition) is 4. The van der Waals surface area contributed by atoms with Gasteiger partial charge in [-0.25, -0.2) is 18.3 Å². The van der Waals surface area contributed by atoms with E-state index in [1.165, 1.54) is 12.5 Å². The molecule has 4 N–H and O–H groups in total. The molecule has 2 heterocycles. The number of carbonyl (C=O) groups is 1. The molecule has 1 saturated carbocycles. The van der Waals surface area contributed by atoms with Gasteiger partial charge in [0, 0.05) is 46.9 Å². The van der Waals surface area contributed by atoms with Crippen molar-refractivity contribution in [2.45, 2.75) is 38.1 Å². The van der Waals surface area contributed by atoms with Crippen LogP contribution in [0.2, 0.25) is 0 Å². The third-order valence-electron chi connectivity index (χ3n) is 7.30. The minimum Gasteiger partial charge on any atom is -0.503 e. The lowest BCUT2D eigenvalue weighted by Gasteiger charge is -2.39. The van der Waals surface area contributed by atoms with Crippen molar-refractivity contribution in [1.29, 1.82) is 5.41 Å². The maximum atomic E-state index is 13.6. The van der Waals surface area contributed by atoms with Gasteiger partial charge < -0.3 is 21.1 Å². The third kappa shape index (κ3) is 5.06. The van der Waals surface area contributed by atoms with E-state index in [2.05, 4.69) is 27.6 Å². The number of amides is 1. The van der Waals surface area contributed by atoms with Crippen LogP contribution in [0, 0.1) is 23.0 Å². The highest BCUT2D eigenvalue weighted by atomic mass is 19.1. The number of nitrogens with zero attached hydrogens (tertiary/aromatic N) is 3. The molecule has 0 atom stereocenters. The van der Waals surface area contributed by atoms with Crippen LogP contribution >= 0.6 is 0 Å². The van der Waals surface area contributed by atoms with Gasteiger partial charge >= 0.3 is 0 Å². The summed E-state index contributed by atoms with van der Waals surface area (Å²) < 4.78 is 28.9. The molecule has 1 aliphatic rings. The van der Waals surface area contributed by atoms with E-state index in [9.17, 15) is 18.7 Å². The molecule has 0 radical (unpaired) electrons. The molecule has 1 aliphatic carbocycles. The summed E-state index contributed by atoms with van der Waals surface area (Å²) in [7, 11) is 0. The van der Waals surface area contributed by atoms with Gasteiger partial charge in [-0.05, 0) is 74.4 Å². The molecule has 196 valence electrons. The minimum absolute atomic E-state index is 0.166. The van der Waals surface area contributed by atoms with Crippen molar-refractivity contribution in [1.82, 2.24) is 19.9 Å². The van der Waals surface area contributed by atoms with Crippen molar-refractivity contribution in [2.75, 3.05) is 11.9 Å². The number of pyridine rings is 1. The quantitative estimate of drug-likeness (QED) is 0.252. The van der Waals surface area contributed by atoms with Crippen LogP contribution in [0.15, 0.2) is 55.0 Å². The number of aromatic hydroxyl groups is 1. The first-order chi connectivity index (χ1) is 18.3. The molecule has 10 heteroatoms. The molecular weight excluding hydrogens is 490 g/mol. The summed E-state index contributed by atoms with van der Waals surface area (Å²) in [4.78, 5) is 16.8. The van der Waals surface area contributed by atoms with Crippen LogP contribution in [-0.4, -0.2) is 43.9 Å². The van der Waals surface area contributed by atoms with E-state index < -0.39 is 23.3 Å². The summed E-state index contributed by atoms with van der Waals surface area (Å²) in [5, 5.41) is 27.8. The number of nitrogens with one attached hydrogen (secondary N) is 3. The summed E-state index contributed by atoms with van der Waals surface area (Å²) in [6.07, 6.45) is 8.09. The van der Waals surface area contributed by atoms with Crippen molar-refractivity contribution < 1.29 is 18.7 Å². The van der Waals surface area contributed by atoms with Gasteiger partial charge in [-0.3, -0.25) is 4.79 Å². The van der Waals surface area contributed by atoms with Gasteiger partial charge in [-0.2, -0.15) is 5.10 Å². The lowest BCUT2D eigenvalue weighted by Crippen LogP contribution is -2.41. The van der Waals surface area contributed by atoms with Gasteiger partial charge in [-0.15, -0.1) is 0 Å². The lowest BCUT2D eigenvalue weighted by molar-refractivity contribution is 0.0940. The highest BCUT2D eigenvalue weighted by Crippen LogP contribution is 2.36. The van der Waals surface area contributed by atoms with Gasteiger partial charge in [-0.1, -0.05) is 12.1 Å². The standard InChI is InChI=1S/C28H28F2N6O2/c1-28(8-6-17(7-9-28)15-32-27(38)20-11-22(29)25(37)23(30)12-20)35-24-13-18(4-5-19(24)14-31)21-3-2-10-36-26(21)33-16-34-36/h2-5,10-14,16-17,31,35,37H,6-9,15H2,1H3,(H,32,38). The maximum absolute atomic E-state index is 13.6. The van der Waals surface area contributed by atoms with Gasteiger partial charge in [0.1, 0.15) is 6.33 Å². The van der Waals surface area contributed by atoms with E-state index in [1.807, 2.05) is 36.5 Å². The van der Waals surface area contributed by atoms with Gasteiger partial charge in [0.15, 0.2) is 23.0 Å². The van der Waals surface area contributed by atoms with Crippen LogP contribution in [0.4, 0.5) is 14.5 Å². The zero-order valence-electron chi connectivity index (χ0n) is 20.8. The normalized spacial score (nSPS) is 19.3. The van der Waals surface area contributed by atoms with Gasteiger partial charge in [0.05, 0.1) is 0 Å². The number of benzene rings is 2. The summed E-state index contributed by atoms with van der Waals surface area (Å²) in [6.45, 7) is 2.55. The van der Waals surface area contributed by atoms with Gasteiger partial charge in [0.2, 0.25) is 0 Å². The number of phenolic OH excluding ortho intramolecular Hbond substituents is 1.